The molecule has 0 heterocycles. The summed E-state index contributed by atoms with van der Waals surface area (Å²) in [7, 11) is 0. The smallest absolute Gasteiger partial charge is 0.0991 e. The van der Waals surface area contributed by atoms with E-state index in [-0.39, 0.29) is 0 Å². The topological polar surface area (TPSA) is 23.8 Å². The number of nitrogens with zero attached hydrogens (tertiary/aromatic N) is 1. The third kappa shape index (κ3) is 1.81. The molecule has 0 N–H and O–H groups in total. The van der Waals surface area contributed by atoms with Gasteiger partial charge in [0.25, 0.3) is 0 Å². The van der Waals surface area contributed by atoms with Gasteiger partial charge in [0.2, 0.25) is 0 Å². The number of hydrogen-bond acceptors (Lipinski definition) is 1. The first kappa shape index (κ1) is 7.81. The summed E-state index contributed by atoms with van der Waals surface area (Å²) in [6, 6.07) is 9.69. The summed E-state index contributed by atoms with van der Waals surface area (Å²) >= 11 is 0. The molecule has 0 aliphatic heterocycles. The number of rotatable bonds is 1. The minimum atomic E-state index is 0.718. The summed E-state index contributed by atoms with van der Waals surface area (Å²) < 4.78 is 0. The summed E-state index contributed by atoms with van der Waals surface area (Å²) in [5, 5.41) is 8.51. The molecule has 11 heavy (non-hydrogen) atoms. The van der Waals surface area contributed by atoms with Gasteiger partial charge in [0.1, 0.15) is 0 Å². The highest BCUT2D eigenvalue weighted by Gasteiger charge is 1.97. The van der Waals surface area contributed by atoms with Crippen molar-refractivity contribution in [2.75, 3.05) is 0 Å². The van der Waals surface area contributed by atoms with Gasteiger partial charge in [0, 0.05) is 0 Å². The van der Waals surface area contributed by atoms with Crippen molar-refractivity contribution in [3.8, 4) is 6.07 Å². The maximum Gasteiger partial charge on any atom is 0.0991 e. The van der Waals surface area contributed by atoms with Gasteiger partial charge in [-0.25, -0.2) is 0 Å². The molecule has 0 aliphatic rings. The Morgan fingerprint density at radius 3 is 2.09 bits per heavy atom. The van der Waals surface area contributed by atoms with Crippen molar-refractivity contribution >= 4 is 0 Å². The molecule has 1 nitrogen and oxygen atoms in total. The molecule has 1 radical (unpaired) electrons. The zero-order valence-electron chi connectivity index (χ0n) is 6.76. The van der Waals surface area contributed by atoms with Crippen molar-refractivity contribution in [1.82, 2.24) is 0 Å². The van der Waals surface area contributed by atoms with Crippen LogP contribution in [0.25, 0.3) is 0 Å². The monoisotopic (exact) mass is 144 g/mol. The Kier molecular flexibility index (Phi) is 2.28. The lowest BCUT2D eigenvalue weighted by molar-refractivity contribution is 1.15. The van der Waals surface area contributed by atoms with Gasteiger partial charge in [-0.1, -0.05) is 26.0 Å². The first-order chi connectivity index (χ1) is 5.24. The average molecular weight is 144 g/mol. The van der Waals surface area contributed by atoms with E-state index in [0.717, 1.165) is 5.56 Å². The molecule has 1 rings (SSSR count). The fourth-order valence-electron chi connectivity index (χ4n) is 0.878. The van der Waals surface area contributed by atoms with E-state index < -0.39 is 0 Å². The van der Waals surface area contributed by atoms with E-state index in [1.165, 1.54) is 11.5 Å². The molecule has 1 heteroatoms. The Morgan fingerprint density at radius 2 is 1.73 bits per heavy atom. The van der Waals surface area contributed by atoms with E-state index in [9.17, 15) is 0 Å². The van der Waals surface area contributed by atoms with E-state index in [0.29, 0.717) is 0 Å². The standard InChI is InChI=1S/C10H10N/c1-8(2)10-5-3-9(7-11)4-6-10/h3-6H,1-2H3. The second kappa shape index (κ2) is 3.21. The Balaban J connectivity index is 2.94. The maximum atomic E-state index is 8.51. The Hall–Kier alpha value is -1.29. The zero-order chi connectivity index (χ0) is 8.27. The van der Waals surface area contributed by atoms with Crippen molar-refractivity contribution in [3.63, 3.8) is 0 Å². The fourth-order valence-corrected chi connectivity index (χ4v) is 0.878. The predicted octanol–water partition coefficient (Wildman–Crippen LogP) is 2.52. The molecule has 1 aromatic rings. The van der Waals surface area contributed by atoms with Crippen LogP contribution >= 0.6 is 0 Å². The molecule has 0 saturated carbocycles. The first-order valence-corrected chi connectivity index (χ1v) is 3.54. The molecule has 0 bridgehead atoms. The molecule has 0 unspecified atom stereocenters. The third-order valence-corrected chi connectivity index (χ3v) is 1.59. The minimum absolute atomic E-state index is 0.718. The summed E-state index contributed by atoms with van der Waals surface area (Å²) in [6.07, 6.45) is 0. The molecular weight excluding hydrogens is 134 g/mol. The molecule has 0 aliphatic carbocycles. The third-order valence-electron chi connectivity index (χ3n) is 1.59. The van der Waals surface area contributed by atoms with Crippen molar-refractivity contribution in [2.45, 2.75) is 13.8 Å². The maximum absolute atomic E-state index is 8.51. The fraction of sp³-hybridized carbons (Fsp3) is 0.200. The van der Waals surface area contributed by atoms with Gasteiger partial charge >= 0.3 is 0 Å². The molecule has 0 fully saturated rings. The van der Waals surface area contributed by atoms with E-state index in [1.54, 1.807) is 0 Å². The van der Waals surface area contributed by atoms with Crippen molar-refractivity contribution in [1.29, 1.82) is 5.26 Å². The van der Waals surface area contributed by atoms with Crippen molar-refractivity contribution in [3.05, 3.63) is 41.3 Å². The van der Waals surface area contributed by atoms with Gasteiger partial charge in [-0.15, -0.1) is 0 Å². The molecule has 55 valence electrons. The van der Waals surface area contributed by atoms with E-state index in [2.05, 4.69) is 19.9 Å². The summed E-state index contributed by atoms with van der Waals surface area (Å²) in [5.74, 6) is 1.27. The molecular formula is C10H10N. The average Bonchev–Trinajstić information content (AvgIpc) is 2.05. The molecule has 0 atom stereocenters. The Morgan fingerprint density at radius 1 is 1.18 bits per heavy atom. The van der Waals surface area contributed by atoms with Gasteiger partial charge in [0.15, 0.2) is 0 Å². The normalized spacial score (nSPS) is 9.64. The van der Waals surface area contributed by atoms with Crippen LogP contribution in [-0.2, 0) is 0 Å². The van der Waals surface area contributed by atoms with Gasteiger partial charge in [-0.2, -0.15) is 5.26 Å². The minimum Gasteiger partial charge on any atom is -0.192 e. The van der Waals surface area contributed by atoms with Crippen LogP contribution < -0.4 is 0 Å². The van der Waals surface area contributed by atoms with Crippen LogP contribution in [0, 0.1) is 17.2 Å². The van der Waals surface area contributed by atoms with Crippen LogP contribution in [0.1, 0.15) is 25.0 Å². The molecule has 0 spiro atoms. The quantitative estimate of drug-likeness (QED) is 0.594. The highest BCUT2D eigenvalue weighted by atomic mass is 14.2. The molecule has 1 aromatic carbocycles. The molecule has 0 saturated heterocycles. The zero-order valence-corrected chi connectivity index (χ0v) is 6.76. The first-order valence-electron chi connectivity index (χ1n) is 3.54. The summed E-state index contributed by atoms with van der Waals surface area (Å²) in [4.78, 5) is 0. The summed E-state index contributed by atoms with van der Waals surface area (Å²) in [5.41, 5.74) is 1.92. The number of nitriles is 1. The molecule has 0 amide bonds. The largest absolute Gasteiger partial charge is 0.192 e. The van der Waals surface area contributed by atoms with Gasteiger partial charge < -0.3 is 0 Å². The van der Waals surface area contributed by atoms with E-state index >= 15 is 0 Å². The van der Waals surface area contributed by atoms with E-state index in [1.807, 2.05) is 24.3 Å². The highest BCUT2D eigenvalue weighted by molar-refractivity contribution is 5.36. The van der Waals surface area contributed by atoms with Crippen LogP contribution in [0.5, 0.6) is 0 Å². The lowest BCUT2D eigenvalue weighted by atomic mass is 10.0. The summed E-state index contributed by atoms with van der Waals surface area (Å²) in [6.45, 7) is 4.11. The van der Waals surface area contributed by atoms with Crippen molar-refractivity contribution < 1.29 is 0 Å². The second-order valence-corrected chi connectivity index (χ2v) is 2.69. The van der Waals surface area contributed by atoms with Crippen LogP contribution in [-0.4, -0.2) is 0 Å². The van der Waals surface area contributed by atoms with E-state index in [4.69, 9.17) is 5.26 Å². The molecule has 0 aromatic heterocycles. The van der Waals surface area contributed by atoms with Gasteiger partial charge in [-0.3, -0.25) is 0 Å². The number of hydrogen-bond donors (Lipinski definition) is 0. The van der Waals surface area contributed by atoms with Gasteiger partial charge in [0.05, 0.1) is 11.6 Å². The van der Waals surface area contributed by atoms with Crippen LogP contribution in [0.4, 0.5) is 0 Å². The lowest BCUT2D eigenvalue weighted by Gasteiger charge is -2.02. The SMILES string of the molecule is C[C](C)c1ccc(C#N)cc1. The predicted molar refractivity (Wildman–Crippen MR) is 44.9 cm³/mol. The van der Waals surface area contributed by atoms with Crippen LogP contribution in [0.2, 0.25) is 0 Å². The van der Waals surface area contributed by atoms with Gasteiger partial charge in [-0.05, 0) is 23.6 Å². The van der Waals surface area contributed by atoms with Crippen molar-refractivity contribution in [2.24, 2.45) is 0 Å². The highest BCUT2D eigenvalue weighted by Crippen LogP contribution is 2.12. The van der Waals surface area contributed by atoms with Crippen LogP contribution in [0.3, 0.4) is 0 Å². The number of benzene rings is 1. The Bertz CT molecular complexity index is 264. The van der Waals surface area contributed by atoms with Crippen LogP contribution in [0.15, 0.2) is 24.3 Å². The second-order valence-electron chi connectivity index (χ2n) is 2.69. The lowest BCUT2D eigenvalue weighted by Crippen LogP contribution is -1.86. The Labute approximate surface area is 67.3 Å².